The number of hydrogen-bond donors (Lipinski definition) is 1. The molecule has 1 aliphatic rings. The molecule has 3 heterocycles. The van der Waals surface area contributed by atoms with Crippen molar-refractivity contribution in [3.8, 4) is 22.7 Å². The zero-order chi connectivity index (χ0) is 25.1. The molecule has 1 aliphatic heterocycles. The number of halogens is 1. The first kappa shape index (κ1) is 22.2. The van der Waals surface area contributed by atoms with Gasteiger partial charge in [-0.05, 0) is 47.5 Å². The van der Waals surface area contributed by atoms with Crippen molar-refractivity contribution in [2.75, 3.05) is 12.4 Å². The van der Waals surface area contributed by atoms with Gasteiger partial charge in [-0.3, -0.25) is 13.9 Å². The van der Waals surface area contributed by atoms with Gasteiger partial charge in [0.2, 0.25) is 0 Å². The summed E-state index contributed by atoms with van der Waals surface area (Å²) in [4.78, 5) is 26.8. The van der Waals surface area contributed by atoms with E-state index in [-0.39, 0.29) is 17.3 Å². The van der Waals surface area contributed by atoms with Crippen LogP contribution in [0.3, 0.4) is 0 Å². The molecule has 0 bridgehead atoms. The number of ether oxygens (including phenoxy) is 1. The van der Waals surface area contributed by atoms with Gasteiger partial charge in [0.15, 0.2) is 0 Å². The highest BCUT2D eigenvalue weighted by molar-refractivity contribution is 6.30. The Bertz CT molecular complexity index is 1760. The van der Waals surface area contributed by atoms with Gasteiger partial charge in [0.25, 0.3) is 5.56 Å². The normalized spacial score (nSPS) is 14.3. The number of para-hydroxylation sites is 2. The van der Waals surface area contributed by atoms with E-state index in [4.69, 9.17) is 16.3 Å². The predicted octanol–water partition coefficient (Wildman–Crippen LogP) is 4.87. The highest BCUT2D eigenvalue weighted by atomic mass is 35.5. The lowest BCUT2D eigenvalue weighted by Crippen LogP contribution is -2.37. The molecule has 1 atom stereocenters. The van der Waals surface area contributed by atoms with Gasteiger partial charge in [0.1, 0.15) is 5.75 Å². The second kappa shape index (κ2) is 8.17. The molecule has 180 valence electrons. The van der Waals surface area contributed by atoms with Crippen molar-refractivity contribution in [3.05, 3.63) is 110 Å². The van der Waals surface area contributed by atoms with Gasteiger partial charge in [-0.25, -0.2) is 4.79 Å². The number of aryl methyl sites for hydroxylation is 1. The van der Waals surface area contributed by atoms with Gasteiger partial charge >= 0.3 is 5.69 Å². The van der Waals surface area contributed by atoms with Gasteiger partial charge < -0.3 is 14.6 Å². The average Bonchev–Trinajstić information content (AvgIpc) is 3.27. The summed E-state index contributed by atoms with van der Waals surface area (Å²) in [6.45, 7) is 0. The van der Waals surface area contributed by atoms with Crippen LogP contribution >= 0.6 is 11.6 Å². The number of nitrogens with zero attached hydrogens (tertiary/aromatic N) is 3. The quantitative estimate of drug-likeness (QED) is 0.385. The number of benzene rings is 3. The van der Waals surface area contributed by atoms with Crippen LogP contribution in [-0.4, -0.2) is 20.8 Å². The number of fused-ring (bicyclic) bond motifs is 5. The van der Waals surface area contributed by atoms with Crippen LogP contribution in [0.25, 0.3) is 27.8 Å². The molecule has 0 unspecified atom stereocenters. The fraction of sp³-hybridized carbons (Fsp3) is 0.143. The van der Waals surface area contributed by atoms with Gasteiger partial charge in [-0.1, -0.05) is 48.0 Å². The third-order valence-electron chi connectivity index (χ3n) is 6.89. The summed E-state index contributed by atoms with van der Waals surface area (Å²) in [6.07, 6.45) is 0. The van der Waals surface area contributed by atoms with Crippen LogP contribution in [0.1, 0.15) is 17.3 Å². The standard InChI is InChI=1S/C28H23ClN4O3/c1-31-25-22(27(34)32(2)28(31)35)24(17-8-12-18(29)13-9-17)33-21-7-5-4-6-20(21)30-23(26(25)33)16-10-14-19(36-3)15-11-16/h4-15,23,30H,1-3H3/t23-/m1/s1. The van der Waals surface area contributed by atoms with Crippen molar-refractivity contribution in [1.29, 1.82) is 0 Å². The molecular weight excluding hydrogens is 476 g/mol. The van der Waals surface area contributed by atoms with Crippen molar-refractivity contribution < 1.29 is 4.74 Å². The van der Waals surface area contributed by atoms with Crippen LogP contribution < -0.4 is 21.3 Å². The lowest BCUT2D eigenvalue weighted by Gasteiger charge is -2.31. The minimum Gasteiger partial charge on any atom is -0.497 e. The fourth-order valence-electron chi connectivity index (χ4n) is 5.15. The van der Waals surface area contributed by atoms with E-state index in [2.05, 4.69) is 9.88 Å². The Morgan fingerprint density at radius 3 is 2.28 bits per heavy atom. The molecule has 0 spiro atoms. The summed E-state index contributed by atoms with van der Waals surface area (Å²) in [5.74, 6) is 0.748. The lowest BCUT2D eigenvalue weighted by atomic mass is 9.99. The lowest BCUT2D eigenvalue weighted by molar-refractivity contribution is 0.414. The minimum atomic E-state index is -0.379. The summed E-state index contributed by atoms with van der Waals surface area (Å²) in [6, 6.07) is 22.9. The van der Waals surface area contributed by atoms with E-state index < -0.39 is 0 Å². The second-order valence-electron chi connectivity index (χ2n) is 8.87. The smallest absolute Gasteiger partial charge is 0.331 e. The summed E-state index contributed by atoms with van der Waals surface area (Å²) in [5, 5.41) is 4.73. The Kier molecular flexibility index (Phi) is 5.05. The Morgan fingerprint density at radius 2 is 1.58 bits per heavy atom. The van der Waals surface area contributed by atoms with Gasteiger partial charge in [-0.15, -0.1) is 0 Å². The molecule has 0 saturated carbocycles. The third-order valence-corrected chi connectivity index (χ3v) is 7.15. The van der Waals surface area contributed by atoms with Crippen molar-refractivity contribution in [2.24, 2.45) is 14.1 Å². The molecule has 2 aromatic heterocycles. The average molecular weight is 499 g/mol. The maximum atomic E-state index is 13.7. The molecule has 5 aromatic rings. The number of rotatable bonds is 3. The van der Waals surface area contributed by atoms with Crippen molar-refractivity contribution in [3.63, 3.8) is 0 Å². The molecule has 3 aromatic carbocycles. The topological polar surface area (TPSA) is 70.2 Å². The molecular formula is C28H23ClN4O3. The molecule has 1 N–H and O–H groups in total. The highest BCUT2D eigenvalue weighted by Gasteiger charge is 2.34. The Hall–Kier alpha value is -4.23. The molecule has 0 radical (unpaired) electrons. The summed E-state index contributed by atoms with van der Waals surface area (Å²) in [5.41, 5.74) is 5.03. The molecule has 36 heavy (non-hydrogen) atoms. The van der Waals surface area contributed by atoms with E-state index in [1.54, 1.807) is 18.7 Å². The monoisotopic (exact) mass is 498 g/mol. The second-order valence-corrected chi connectivity index (χ2v) is 9.31. The summed E-state index contributed by atoms with van der Waals surface area (Å²) < 4.78 is 10.2. The Morgan fingerprint density at radius 1 is 0.889 bits per heavy atom. The van der Waals surface area contributed by atoms with E-state index in [9.17, 15) is 9.59 Å². The molecule has 0 fully saturated rings. The first-order valence-corrected chi connectivity index (χ1v) is 11.9. The van der Waals surface area contributed by atoms with Crippen LogP contribution in [0, 0.1) is 0 Å². The molecule has 7 nitrogen and oxygen atoms in total. The molecule has 6 rings (SSSR count). The third kappa shape index (κ3) is 3.13. The zero-order valence-electron chi connectivity index (χ0n) is 19.9. The molecule has 0 amide bonds. The number of methoxy groups -OCH3 is 1. The minimum absolute atomic E-state index is 0.327. The van der Waals surface area contributed by atoms with E-state index in [0.717, 1.165) is 44.2 Å². The van der Waals surface area contributed by atoms with Crippen molar-refractivity contribution >= 4 is 28.2 Å². The van der Waals surface area contributed by atoms with E-state index in [1.165, 1.54) is 7.05 Å². The Labute approximate surface area is 211 Å². The van der Waals surface area contributed by atoms with E-state index in [1.807, 2.05) is 72.8 Å². The van der Waals surface area contributed by atoms with Crippen LogP contribution in [0.5, 0.6) is 5.75 Å². The number of aromatic nitrogens is 3. The van der Waals surface area contributed by atoms with Crippen molar-refractivity contribution in [1.82, 2.24) is 13.7 Å². The maximum absolute atomic E-state index is 13.7. The van der Waals surface area contributed by atoms with E-state index in [0.29, 0.717) is 15.9 Å². The van der Waals surface area contributed by atoms with Crippen molar-refractivity contribution in [2.45, 2.75) is 6.04 Å². The molecule has 0 saturated heterocycles. The van der Waals surface area contributed by atoms with Gasteiger partial charge in [0.05, 0.1) is 46.8 Å². The summed E-state index contributed by atoms with van der Waals surface area (Å²) in [7, 11) is 4.86. The van der Waals surface area contributed by atoms with Gasteiger partial charge in [-0.2, -0.15) is 0 Å². The first-order valence-electron chi connectivity index (χ1n) is 11.5. The SMILES string of the molecule is COc1ccc([C@H]2Nc3ccccc3-n3c(-c4ccc(Cl)cc4)c4c(=O)n(C)c(=O)n(C)c4c32)cc1. The number of anilines is 1. The maximum Gasteiger partial charge on any atom is 0.331 e. The zero-order valence-corrected chi connectivity index (χ0v) is 20.7. The van der Waals surface area contributed by atoms with Crippen LogP contribution in [0.15, 0.2) is 82.4 Å². The summed E-state index contributed by atoms with van der Waals surface area (Å²) >= 11 is 6.21. The van der Waals surface area contributed by atoms with Crippen LogP contribution in [0.4, 0.5) is 5.69 Å². The first-order chi connectivity index (χ1) is 17.4. The fourth-order valence-corrected chi connectivity index (χ4v) is 5.27. The Balaban J connectivity index is 1.82. The van der Waals surface area contributed by atoms with Gasteiger partial charge in [0, 0.05) is 19.1 Å². The van der Waals surface area contributed by atoms with E-state index >= 15 is 0 Å². The molecule has 0 aliphatic carbocycles. The molecule has 8 heteroatoms. The number of hydrogen-bond acceptors (Lipinski definition) is 4. The predicted molar refractivity (Wildman–Crippen MR) is 143 cm³/mol. The number of nitrogens with one attached hydrogen (secondary N) is 1. The van der Waals surface area contributed by atoms with Crippen LogP contribution in [0.2, 0.25) is 5.02 Å². The van der Waals surface area contributed by atoms with Crippen LogP contribution in [-0.2, 0) is 14.1 Å². The largest absolute Gasteiger partial charge is 0.497 e. The highest BCUT2D eigenvalue weighted by Crippen LogP contribution is 2.45.